The minimum Gasteiger partial charge on any atom is -0.454 e. The van der Waals surface area contributed by atoms with Gasteiger partial charge >= 0.3 is 0 Å². The van der Waals surface area contributed by atoms with Gasteiger partial charge in [-0.25, -0.2) is 0 Å². The highest BCUT2D eigenvalue weighted by atomic mass is 79.9. The van der Waals surface area contributed by atoms with E-state index in [-0.39, 0.29) is 0 Å². The van der Waals surface area contributed by atoms with Crippen LogP contribution in [0.2, 0.25) is 0 Å². The van der Waals surface area contributed by atoms with Crippen LogP contribution in [0.3, 0.4) is 0 Å². The van der Waals surface area contributed by atoms with E-state index in [4.69, 9.17) is 9.47 Å². The van der Waals surface area contributed by atoms with Gasteiger partial charge in [0.05, 0.1) is 5.33 Å². The molecule has 0 saturated heterocycles. The molecule has 0 saturated carbocycles. The lowest BCUT2D eigenvalue weighted by atomic mass is 10.2. The van der Waals surface area contributed by atoms with Crippen LogP contribution in [0.25, 0.3) is 0 Å². The Morgan fingerprint density at radius 3 is 3.00 bits per heavy atom. The zero-order valence-electron chi connectivity index (χ0n) is 6.84. The van der Waals surface area contributed by atoms with E-state index >= 15 is 0 Å². The van der Waals surface area contributed by atoms with Crippen LogP contribution < -0.4 is 9.47 Å². The molecule has 2 nitrogen and oxygen atoms in total. The fourth-order valence-corrected chi connectivity index (χ4v) is 1.25. The van der Waals surface area contributed by atoms with Crippen molar-refractivity contribution < 1.29 is 9.47 Å². The van der Waals surface area contributed by atoms with Crippen LogP contribution in [0.4, 0.5) is 0 Å². The first-order valence-electron chi connectivity index (χ1n) is 3.84. The van der Waals surface area contributed by atoms with Gasteiger partial charge in [0.2, 0.25) is 6.79 Å². The van der Waals surface area contributed by atoms with E-state index in [1.165, 1.54) is 0 Å². The lowest BCUT2D eigenvalue weighted by Crippen LogP contribution is -1.92. The first-order chi connectivity index (χ1) is 6.40. The van der Waals surface area contributed by atoms with Crippen molar-refractivity contribution in [1.82, 2.24) is 0 Å². The number of rotatable bonds is 0. The second-order valence-corrected chi connectivity index (χ2v) is 3.06. The van der Waals surface area contributed by atoms with Crippen LogP contribution in [-0.4, -0.2) is 12.1 Å². The molecule has 0 N–H and O–H groups in total. The molecule has 3 heteroatoms. The molecule has 13 heavy (non-hydrogen) atoms. The predicted octanol–water partition coefficient (Wildman–Crippen LogP) is 2.16. The van der Waals surface area contributed by atoms with Crippen LogP contribution in [0, 0.1) is 11.8 Å². The first kappa shape index (κ1) is 8.46. The van der Waals surface area contributed by atoms with E-state index in [0.717, 1.165) is 17.1 Å². The molecule has 1 aliphatic rings. The average molecular weight is 239 g/mol. The summed E-state index contributed by atoms with van der Waals surface area (Å²) in [6, 6.07) is 5.68. The Balaban J connectivity index is 2.31. The normalized spacial score (nSPS) is 12.1. The largest absolute Gasteiger partial charge is 0.454 e. The Hall–Kier alpha value is -1.14. The molecule has 66 valence electrons. The van der Waals surface area contributed by atoms with Crippen molar-refractivity contribution in [2.24, 2.45) is 0 Å². The smallest absolute Gasteiger partial charge is 0.231 e. The number of hydrogen-bond acceptors (Lipinski definition) is 2. The average Bonchev–Trinajstić information content (AvgIpc) is 2.61. The SMILES string of the molecule is BrCC#Cc1ccc2c(c1)OCO2. The zero-order valence-corrected chi connectivity index (χ0v) is 8.43. The van der Waals surface area contributed by atoms with Crippen molar-refractivity contribution >= 4 is 15.9 Å². The van der Waals surface area contributed by atoms with Crippen molar-refractivity contribution in [1.29, 1.82) is 0 Å². The summed E-state index contributed by atoms with van der Waals surface area (Å²) in [6.07, 6.45) is 0. The molecule has 1 aromatic carbocycles. The summed E-state index contributed by atoms with van der Waals surface area (Å²) in [6.45, 7) is 0.310. The standard InChI is InChI=1S/C10H7BrO2/c11-5-1-2-8-3-4-9-10(6-8)13-7-12-9/h3-4,6H,5,7H2. The number of alkyl halides is 1. The van der Waals surface area contributed by atoms with Gasteiger partial charge in [-0.3, -0.25) is 0 Å². The van der Waals surface area contributed by atoms with Gasteiger partial charge in [0.25, 0.3) is 0 Å². The van der Waals surface area contributed by atoms with Crippen LogP contribution >= 0.6 is 15.9 Å². The van der Waals surface area contributed by atoms with Gasteiger partial charge in [-0.05, 0) is 18.2 Å². The van der Waals surface area contributed by atoms with Gasteiger partial charge in [0.1, 0.15) is 0 Å². The van der Waals surface area contributed by atoms with Crippen molar-refractivity contribution in [3.05, 3.63) is 23.8 Å². The summed E-state index contributed by atoms with van der Waals surface area (Å²) in [5.74, 6) is 7.49. The minimum absolute atomic E-state index is 0.310. The molecule has 1 heterocycles. The Labute approximate surface area is 85.0 Å². The van der Waals surface area contributed by atoms with E-state index in [9.17, 15) is 0 Å². The zero-order chi connectivity index (χ0) is 9.10. The maximum absolute atomic E-state index is 5.22. The second-order valence-electron chi connectivity index (χ2n) is 2.50. The lowest BCUT2D eigenvalue weighted by molar-refractivity contribution is 0.174. The molecule has 0 unspecified atom stereocenters. The van der Waals surface area contributed by atoms with Crippen LogP contribution in [-0.2, 0) is 0 Å². The first-order valence-corrected chi connectivity index (χ1v) is 4.97. The number of fused-ring (bicyclic) bond motifs is 1. The molecule has 0 atom stereocenters. The second kappa shape index (κ2) is 3.71. The van der Waals surface area contributed by atoms with E-state index < -0.39 is 0 Å². The Kier molecular flexibility index (Phi) is 2.42. The van der Waals surface area contributed by atoms with Crippen LogP contribution in [0.1, 0.15) is 5.56 Å². The Morgan fingerprint density at radius 2 is 2.15 bits per heavy atom. The fraction of sp³-hybridized carbons (Fsp3) is 0.200. The quantitative estimate of drug-likeness (QED) is 0.510. The summed E-state index contributed by atoms with van der Waals surface area (Å²) in [5.41, 5.74) is 0.948. The molecule has 1 aromatic rings. The molecule has 0 aliphatic carbocycles. The van der Waals surface area contributed by atoms with Gasteiger partial charge in [0, 0.05) is 5.56 Å². The lowest BCUT2D eigenvalue weighted by Gasteiger charge is -1.94. The third-order valence-electron chi connectivity index (χ3n) is 1.67. The van der Waals surface area contributed by atoms with Gasteiger partial charge in [-0.2, -0.15) is 0 Å². The number of benzene rings is 1. The summed E-state index contributed by atoms with van der Waals surface area (Å²) in [7, 11) is 0. The molecular weight excluding hydrogens is 232 g/mol. The van der Waals surface area contributed by atoms with Crippen LogP contribution in [0.5, 0.6) is 11.5 Å². The van der Waals surface area contributed by atoms with Crippen LogP contribution in [0.15, 0.2) is 18.2 Å². The van der Waals surface area contributed by atoms with Gasteiger partial charge < -0.3 is 9.47 Å². The third-order valence-corrected chi connectivity index (χ3v) is 1.95. The molecule has 1 aliphatic heterocycles. The molecule has 0 amide bonds. The number of ether oxygens (including phenoxy) is 2. The van der Waals surface area contributed by atoms with E-state index in [1.807, 2.05) is 18.2 Å². The molecule has 2 rings (SSSR count). The maximum atomic E-state index is 5.22. The predicted molar refractivity (Wildman–Crippen MR) is 53.2 cm³/mol. The molecule has 0 radical (unpaired) electrons. The summed E-state index contributed by atoms with van der Waals surface area (Å²) in [4.78, 5) is 0. The van der Waals surface area contributed by atoms with Gasteiger partial charge in [-0.1, -0.05) is 27.8 Å². The van der Waals surface area contributed by atoms with Gasteiger partial charge in [0.15, 0.2) is 11.5 Å². The van der Waals surface area contributed by atoms with Crippen molar-refractivity contribution in [3.8, 4) is 23.3 Å². The Morgan fingerprint density at radius 1 is 1.31 bits per heavy atom. The van der Waals surface area contributed by atoms with Crippen molar-refractivity contribution in [2.45, 2.75) is 0 Å². The maximum Gasteiger partial charge on any atom is 0.231 e. The highest BCUT2D eigenvalue weighted by molar-refractivity contribution is 9.09. The van der Waals surface area contributed by atoms with Crippen molar-refractivity contribution in [2.75, 3.05) is 12.1 Å². The molecule has 0 fully saturated rings. The van der Waals surface area contributed by atoms with Crippen molar-refractivity contribution in [3.63, 3.8) is 0 Å². The van der Waals surface area contributed by atoms with E-state index in [1.54, 1.807) is 0 Å². The topological polar surface area (TPSA) is 18.5 Å². The fourth-order valence-electron chi connectivity index (χ4n) is 1.11. The molecular formula is C10H7BrO2. The summed E-state index contributed by atoms with van der Waals surface area (Å²) < 4.78 is 10.4. The minimum atomic E-state index is 0.310. The number of hydrogen-bond donors (Lipinski definition) is 0. The monoisotopic (exact) mass is 238 g/mol. The molecule has 0 spiro atoms. The third kappa shape index (κ3) is 1.78. The number of halogens is 1. The molecule has 0 aromatic heterocycles. The highest BCUT2D eigenvalue weighted by Crippen LogP contribution is 2.32. The molecule has 0 bridgehead atoms. The highest BCUT2D eigenvalue weighted by Gasteiger charge is 2.11. The van der Waals surface area contributed by atoms with E-state index in [2.05, 4.69) is 27.8 Å². The summed E-state index contributed by atoms with van der Waals surface area (Å²) >= 11 is 3.24. The summed E-state index contributed by atoms with van der Waals surface area (Å²) in [5, 5.41) is 0.682. The van der Waals surface area contributed by atoms with E-state index in [0.29, 0.717) is 12.1 Å². The van der Waals surface area contributed by atoms with Gasteiger partial charge in [-0.15, -0.1) is 0 Å². The Bertz CT molecular complexity index is 376.